The van der Waals surface area contributed by atoms with Gasteiger partial charge < -0.3 is 18.6 Å². The number of carbonyl (C=O) groups is 2. The Kier molecular flexibility index (Phi) is 8.59. The van der Waals surface area contributed by atoms with Crippen LogP contribution in [-0.4, -0.2) is 46.0 Å². The molecule has 1 atom stereocenters. The molecular formula is C35H37NO6Si. The Hall–Kier alpha value is -4.56. The molecular weight excluding hydrogens is 558 g/mol. The molecule has 0 saturated carbocycles. The van der Waals surface area contributed by atoms with Gasteiger partial charge in [-0.2, -0.15) is 0 Å². The van der Waals surface area contributed by atoms with E-state index in [1.54, 1.807) is 26.4 Å². The highest BCUT2D eigenvalue weighted by Gasteiger charge is 2.53. The van der Waals surface area contributed by atoms with Crippen LogP contribution in [0, 0.1) is 0 Å². The van der Waals surface area contributed by atoms with Crippen molar-refractivity contribution in [2.45, 2.75) is 38.3 Å². The van der Waals surface area contributed by atoms with Gasteiger partial charge >= 0.3 is 14.4 Å². The minimum atomic E-state index is -3.01. The van der Waals surface area contributed by atoms with Gasteiger partial charge in [0.15, 0.2) is 17.2 Å². The van der Waals surface area contributed by atoms with Gasteiger partial charge in [0.1, 0.15) is 12.6 Å². The molecule has 5 rings (SSSR count). The normalized spacial score (nSPS) is 15.1. The summed E-state index contributed by atoms with van der Waals surface area (Å²) in [5.41, 5.74) is 1.46. The molecule has 1 fully saturated rings. The predicted molar refractivity (Wildman–Crippen MR) is 169 cm³/mol. The van der Waals surface area contributed by atoms with Gasteiger partial charge in [-0.1, -0.05) is 112 Å². The second-order valence-electron chi connectivity index (χ2n) is 11.5. The third kappa shape index (κ3) is 5.75. The molecule has 0 spiro atoms. The van der Waals surface area contributed by atoms with Crippen LogP contribution < -0.4 is 24.3 Å². The highest BCUT2D eigenvalue weighted by molar-refractivity contribution is 7.00. The monoisotopic (exact) mass is 595 g/mol. The predicted octanol–water partition coefficient (Wildman–Crippen LogP) is 5.91. The molecule has 8 heteroatoms. The number of methoxy groups -OCH3 is 2. The van der Waals surface area contributed by atoms with Crippen molar-refractivity contribution in [1.29, 1.82) is 0 Å². The molecule has 2 amide bonds. The Morgan fingerprint density at radius 3 is 1.79 bits per heavy atom. The first-order valence-electron chi connectivity index (χ1n) is 14.3. The number of hydrogen-bond acceptors (Lipinski definition) is 6. The van der Waals surface area contributed by atoms with E-state index in [1.165, 1.54) is 4.90 Å². The first-order chi connectivity index (χ1) is 20.7. The molecule has 0 aromatic heterocycles. The first-order valence-corrected chi connectivity index (χ1v) is 16.2. The zero-order valence-electron chi connectivity index (χ0n) is 25.2. The molecule has 1 heterocycles. The minimum absolute atomic E-state index is 0.0509. The summed E-state index contributed by atoms with van der Waals surface area (Å²) >= 11 is 0. The second-order valence-corrected chi connectivity index (χ2v) is 15.8. The molecule has 1 aliphatic rings. The standard InChI is InChI=1S/C35H37NO6Si/c1-35(2,3)43(27-17-11-7-12-18-27,28-19-13-8-14-20-28)42-33-30(39-4)21-25(22-31(33)40-5)23-32(37)36-29(24-41-34(36)38)26-15-9-6-10-16-26/h6-22,29H,23-24H2,1-5H3/t29-/m1/s1. The van der Waals surface area contributed by atoms with Crippen LogP contribution in [-0.2, 0) is 16.0 Å². The number of nitrogens with zero attached hydrogens (tertiary/aromatic N) is 1. The fourth-order valence-electron chi connectivity index (χ4n) is 5.82. The molecule has 0 bridgehead atoms. The summed E-state index contributed by atoms with van der Waals surface area (Å²) in [6.45, 7) is 6.71. The van der Waals surface area contributed by atoms with Crippen LogP contribution in [0.5, 0.6) is 17.2 Å². The van der Waals surface area contributed by atoms with E-state index < -0.39 is 20.5 Å². The molecule has 0 N–H and O–H groups in total. The number of imide groups is 1. The highest BCUT2D eigenvalue weighted by atomic mass is 28.4. The summed E-state index contributed by atoms with van der Waals surface area (Å²) in [6, 6.07) is 33.1. The fourth-order valence-corrected chi connectivity index (χ4v) is 10.3. The maximum Gasteiger partial charge on any atom is 0.417 e. The van der Waals surface area contributed by atoms with Crippen LogP contribution in [0.2, 0.25) is 5.04 Å². The van der Waals surface area contributed by atoms with Crippen molar-refractivity contribution in [3.8, 4) is 17.2 Å². The summed E-state index contributed by atoms with van der Waals surface area (Å²) in [4.78, 5) is 27.4. The van der Waals surface area contributed by atoms with Gasteiger partial charge in [0.05, 0.1) is 20.6 Å². The van der Waals surface area contributed by atoms with Crippen LogP contribution in [0.4, 0.5) is 4.79 Å². The topological polar surface area (TPSA) is 74.3 Å². The van der Waals surface area contributed by atoms with Gasteiger partial charge in [-0.05, 0) is 38.7 Å². The number of carbonyl (C=O) groups excluding carboxylic acids is 2. The fraction of sp³-hybridized carbons (Fsp3) is 0.257. The first kappa shape index (κ1) is 29.9. The van der Waals surface area contributed by atoms with Crippen LogP contribution >= 0.6 is 0 Å². The number of benzene rings is 4. The van der Waals surface area contributed by atoms with Crippen LogP contribution in [0.1, 0.15) is 37.9 Å². The molecule has 1 aliphatic heterocycles. The summed E-state index contributed by atoms with van der Waals surface area (Å²) in [7, 11) is 0.134. The van der Waals surface area contributed by atoms with Crippen molar-refractivity contribution in [3.63, 3.8) is 0 Å². The van der Waals surface area contributed by atoms with Gasteiger partial charge in [0, 0.05) is 0 Å². The lowest BCUT2D eigenvalue weighted by atomic mass is 10.1. The Morgan fingerprint density at radius 2 is 1.33 bits per heavy atom. The maximum atomic E-state index is 13.5. The third-order valence-corrected chi connectivity index (χ3v) is 12.8. The van der Waals surface area contributed by atoms with Gasteiger partial charge in [0.25, 0.3) is 0 Å². The molecule has 1 saturated heterocycles. The number of hydrogen-bond donors (Lipinski definition) is 0. The van der Waals surface area contributed by atoms with Crippen molar-refractivity contribution in [2.75, 3.05) is 20.8 Å². The number of cyclic esters (lactones) is 1. The van der Waals surface area contributed by atoms with Crippen LogP contribution in [0.15, 0.2) is 103 Å². The SMILES string of the molecule is COc1cc(CC(=O)N2C(=O)OC[C@@H]2c2ccccc2)cc(OC)c1O[Si](c1ccccc1)(c1ccccc1)C(C)(C)C. The zero-order chi connectivity index (χ0) is 30.6. The molecule has 7 nitrogen and oxygen atoms in total. The van der Waals surface area contributed by atoms with Gasteiger partial charge in [-0.15, -0.1) is 0 Å². The Bertz CT molecular complexity index is 1510. The lowest BCUT2D eigenvalue weighted by Crippen LogP contribution is -2.68. The van der Waals surface area contributed by atoms with E-state index in [-0.39, 0.29) is 24.0 Å². The second kappa shape index (κ2) is 12.4. The molecule has 4 aromatic rings. The van der Waals surface area contributed by atoms with Crippen LogP contribution in [0.3, 0.4) is 0 Å². The van der Waals surface area contributed by atoms with E-state index in [2.05, 4.69) is 45.0 Å². The lowest BCUT2D eigenvalue weighted by molar-refractivity contribution is -0.128. The van der Waals surface area contributed by atoms with E-state index in [4.69, 9.17) is 18.6 Å². The zero-order valence-corrected chi connectivity index (χ0v) is 26.2. The van der Waals surface area contributed by atoms with E-state index in [1.807, 2.05) is 66.7 Å². The highest BCUT2D eigenvalue weighted by Crippen LogP contribution is 2.45. The van der Waals surface area contributed by atoms with E-state index in [9.17, 15) is 9.59 Å². The quantitative estimate of drug-likeness (QED) is 0.224. The van der Waals surface area contributed by atoms with Gasteiger partial charge in [-0.3, -0.25) is 4.79 Å². The number of amides is 2. The number of ether oxygens (including phenoxy) is 3. The smallest absolute Gasteiger partial charge is 0.417 e. The molecule has 0 radical (unpaired) electrons. The lowest BCUT2D eigenvalue weighted by Gasteiger charge is -2.43. The third-order valence-electron chi connectivity index (χ3n) is 7.87. The van der Waals surface area contributed by atoms with E-state index >= 15 is 0 Å². The maximum absolute atomic E-state index is 13.5. The average Bonchev–Trinajstić information content (AvgIpc) is 3.42. The summed E-state index contributed by atoms with van der Waals surface area (Å²) < 4.78 is 24.3. The molecule has 43 heavy (non-hydrogen) atoms. The summed E-state index contributed by atoms with van der Waals surface area (Å²) in [5, 5.41) is 1.93. The molecule has 0 aliphatic carbocycles. The van der Waals surface area contributed by atoms with Crippen molar-refractivity contribution < 1.29 is 28.2 Å². The van der Waals surface area contributed by atoms with E-state index in [0.29, 0.717) is 22.8 Å². The average molecular weight is 596 g/mol. The van der Waals surface area contributed by atoms with Gasteiger partial charge in [-0.25, -0.2) is 9.69 Å². The molecule has 4 aromatic carbocycles. The van der Waals surface area contributed by atoms with Crippen molar-refractivity contribution in [1.82, 2.24) is 4.90 Å². The summed E-state index contributed by atoms with van der Waals surface area (Å²) in [5.74, 6) is 0.983. The van der Waals surface area contributed by atoms with Gasteiger partial charge in [0.2, 0.25) is 5.91 Å². The Labute approximate surface area is 254 Å². The van der Waals surface area contributed by atoms with Crippen molar-refractivity contribution >= 4 is 30.7 Å². The summed E-state index contributed by atoms with van der Waals surface area (Å²) in [6.07, 6.45) is -0.700. The molecule has 222 valence electrons. The Balaban J connectivity index is 1.55. The Morgan fingerprint density at radius 1 is 0.837 bits per heavy atom. The minimum Gasteiger partial charge on any atom is -0.529 e. The van der Waals surface area contributed by atoms with Crippen molar-refractivity contribution in [2.24, 2.45) is 0 Å². The van der Waals surface area contributed by atoms with Crippen LogP contribution in [0.25, 0.3) is 0 Å². The number of rotatable bonds is 9. The molecule has 0 unspecified atom stereocenters. The van der Waals surface area contributed by atoms with E-state index in [0.717, 1.165) is 15.9 Å². The largest absolute Gasteiger partial charge is 0.529 e. The van der Waals surface area contributed by atoms with Crippen molar-refractivity contribution in [3.05, 3.63) is 114 Å².